The van der Waals surface area contributed by atoms with Crippen LogP contribution in [-0.4, -0.2) is 32.6 Å². The minimum absolute atomic E-state index is 0.239. The number of carbonyl (C=O) groups is 2. The molecule has 0 fully saturated rings. The van der Waals surface area contributed by atoms with Crippen LogP contribution in [0.2, 0.25) is 0 Å². The fourth-order valence-electron chi connectivity index (χ4n) is 4.42. The number of hydrogen-bond acceptors (Lipinski definition) is 4. The predicted octanol–water partition coefficient (Wildman–Crippen LogP) is 4.69. The molecule has 0 aliphatic carbocycles. The van der Waals surface area contributed by atoms with Crippen LogP contribution in [0.3, 0.4) is 0 Å². The zero-order valence-corrected chi connectivity index (χ0v) is 20.9. The van der Waals surface area contributed by atoms with E-state index in [2.05, 4.69) is 20.7 Å². The van der Waals surface area contributed by atoms with Gasteiger partial charge in [-0.15, -0.1) is 11.3 Å². The van der Waals surface area contributed by atoms with Gasteiger partial charge in [-0.25, -0.2) is 4.68 Å². The number of nitrogens with zero attached hydrogens (tertiary/aromatic N) is 2. The Morgan fingerprint density at radius 1 is 1.03 bits per heavy atom. The summed E-state index contributed by atoms with van der Waals surface area (Å²) in [5.41, 5.74) is 5.72. The van der Waals surface area contributed by atoms with Crippen LogP contribution in [-0.2, 0) is 17.8 Å². The Hall–Kier alpha value is -4.17. The van der Waals surface area contributed by atoms with Crippen molar-refractivity contribution in [3.05, 3.63) is 106 Å². The third-order valence-electron chi connectivity index (χ3n) is 6.35. The normalized spacial score (nSPS) is 11.9. The Balaban J connectivity index is 1.36. The summed E-state index contributed by atoms with van der Waals surface area (Å²) in [6.45, 7) is 4.26. The lowest BCUT2D eigenvalue weighted by atomic mass is 10.0. The average Bonchev–Trinajstić information content (AvgIpc) is 3.63. The summed E-state index contributed by atoms with van der Waals surface area (Å²) >= 11 is 1.35. The van der Waals surface area contributed by atoms with Crippen molar-refractivity contribution < 1.29 is 9.59 Å². The molecule has 8 heteroatoms. The molecule has 36 heavy (non-hydrogen) atoms. The van der Waals surface area contributed by atoms with Crippen LogP contribution in [0.25, 0.3) is 16.6 Å². The van der Waals surface area contributed by atoms with Crippen molar-refractivity contribution in [3.8, 4) is 5.69 Å². The number of aryl methyl sites for hydroxylation is 1. The van der Waals surface area contributed by atoms with Gasteiger partial charge in [0.25, 0.3) is 5.91 Å². The molecule has 0 aliphatic heterocycles. The van der Waals surface area contributed by atoms with Crippen molar-refractivity contribution in [3.63, 3.8) is 0 Å². The van der Waals surface area contributed by atoms with E-state index in [1.165, 1.54) is 11.3 Å². The Morgan fingerprint density at radius 2 is 1.81 bits per heavy atom. The average molecular weight is 498 g/mol. The number of carbonyl (C=O) groups excluding carboxylic acids is 2. The zero-order valence-electron chi connectivity index (χ0n) is 20.1. The highest BCUT2D eigenvalue weighted by Crippen LogP contribution is 2.21. The fraction of sp³-hybridized carbons (Fsp3) is 0.179. The second-order valence-electron chi connectivity index (χ2n) is 8.68. The Labute approximate surface area is 213 Å². The number of nitrogens with one attached hydrogen (secondary N) is 3. The van der Waals surface area contributed by atoms with E-state index in [1.807, 2.05) is 90.8 Å². The molecule has 0 radical (unpaired) electrons. The SMILES string of the molecule is Cc1nn(-c2ccccc2)c(C)c1CNC(=O)[C@H](Cc1c[nH]c2ccccc12)NC(=O)c1cccs1. The Morgan fingerprint density at radius 3 is 2.58 bits per heavy atom. The molecule has 2 amide bonds. The standard InChI is InChI=1S/C28H27N5O2S/c1-18-23(19(2)33(32-18)21-9-4-3-5-10-21)17-30-27(34)25(31-28(35)26-13-8-14-36-26)15-20-16-29-24-12-7-6-11-22(20)24/h3-14,16,25,29H,15,17H2,1-2H3,(H,30,34)(H,31,35)/t25-/m0/s1. The molecular weight excluding hydrogens is 470 g/mol. The number of aromatic amines is 1. The lowest BCUT2D eigenvalue weighted by Gasteiger charge is -2.18. The van der Waals surface area contributed by atoms with Gasteiger partial charge in [-0.1, -0.05) is 42.5 Å². The van der Waals surface area contributed by atoms with E-state index in [0.717, 1.165) is 39.1 Å². The first-order valence-corrected chi connectivity index (χ1v) is 12.7. The number of para-hydroxylation sites is 2. The number of benzene rings is 2. The van der Waals surface area contributed by atoms with E-state index in [1.54, 1.807) is 6.07 Å². The maximum absolute atomic E-state index is 13.4. The van der Waals surface area contributed by atoms with Crippen molar-refractivity contribution in [2.45, 2.75) is 32.9 Å². The molecule has 2 aromatic carbocycles. The molecule has 0 bridgehead atoms. The van der Waals surface area contributed by atoms with Crippen molar-refractivity contribution >= 4 is 34.1 Å². The van der Waals surface area contributed by atoms with Gasteiger partial charge < -0.3 is 15.6 Å². The Bertz CT molecular complexity index is 1500. The molecule has 0 spiro atoms. The first-order valence-electron chi connectivity index (χ1n) is 11.8. The van der Waals surface area contributed by atoms with Crippen molar-refractivity contribution in [2.75, 3.05) is 0 Å². The number of aromatic nitrogens is 3. The number of thiophene rings is 1. The minimum Gasteiger partial charge on any atom is -0.361 e. The van der Waals surface area contributed by atoms with E-state index in [-0.39, 0.29) is 11.8 Å². The van der Waals surface area contributed by atoms with E-state index in [9.17, 15) is 9.59 Å². The van der Waals surface area contributed by atoms with Crippen LogP contribution in [0.5, 0.6) is 0 Å². The van der Waals surface area contributed by atoms with Gasteiger partial charge >= 0.3 is 0 Å². The largest absolute Gasteiger partial charge is 0.361 e. The van der Waals surface area contributed by atoms with Gasteiger partial charge in [0, 0.05) is 41.3 Å². The van der Waals surface area contributed by atoms with Gasteiger partial charge in [0.15, 0.2) is 0 Å². The molecule has 0 aliphatic rings. The smallest absolute Gasteiger partial charge is 0.262 e. The lowest BCUT2D eigenvalue weighted by molar-refractivity contribution is -0.123. The first kappa shape index (κ1) is 23.6. The second-order valence-corrected chi connectivity index (χ2v) is 9.63. The van der Waals surface area contributed by atoms with Gasteiger partial charge in [0.2, 0.25) is 5.91 Å². The molecule has 5 aromatic rings. The Kier molecular flexibility index (Phi) is 6.69. The van der Waals surface area contributed by atoms with E-state index >= 15 is 0 Å². The van der Waals surface area contributed by atoms with E-state index < -0.39 is 6.04 Å². The summed E-state index contributed by atoms with van der Waals surface area (Å²) in [5, 5.41) is 13.5. The molecule has 0 saturated heterocycles. The number of amides is 2. The minimum atomic E-state index is -0.733. The van der Waals surface area contributed by atoms with E-state index in [4.69, 9.17) is 0 Å². The summed E-state index contributed by atoms with van der Waals surface area (Å²) in [7, 11) is 0. The monoisotopic (exact) mass is 497 g/mol. The quantitative estimate of drug-likeness (QED) is 0.290. The van der Waals surface area contributed by atoms with Crippen LogP contribution in [0.15, 0.2) is 78.3 Å². The third-order valence-corrected chi connectivity index (χ3v) is 7.22. The van der Waals surface area contributed by atoms with Crippen LogP contribution in [0.1, 0.15) is 32.2 Å². The van der Waals surface area contributed by atoms with Crippen LogP contribution in [0, 0.1) is 13.8 Å². The highest BCUT2D eigenvalue weighted by Gasteiger charge is 2.24. The van der Waals surface area contributed by atoms with Crippen molar-refractivity contribution in [2.24, 2.45) is 0 Å². The van der Waals surface area contributed by atoms with Gasteiger partial charge in [0.05, 0.1) is 16.3 Å². The zero-order chi connectivity index (χ0) is 25.1. The van der Waals surface area contributed by atoms with Crippen molar-refractivity contribution in [1.82, 2.24) is 25.4 Å². The van der Waals surface area contributed by atoms with Gasteiger partial charge in [-0.3, -0.25) is 9.59 Å². The lowest BCUT2D eigenvalue weighted by Crippen LogP contribution is -2.47. The molecule has 1 atom stereocenters. The second kappa shape index (κ2) is 10.2. The number of fused-ring (bicyclic) bond motifs is 1. The molecule has 7 nitrogen and oxygen atoms in total. The maximum Gasteiger partial charge on any atom is 0.262 e. The third kappa shape index (κ3) is 4.81. The van der Waals surface area contributed by atoms with Crippen LogP contribution < -0.4 is 10.6 Å². The summed E-state index contributed by atoms with van der Waals surface area (Å²) in [6, 6.07) is 20.7. The first-order chi connectivity index (χ1) is 17.5. The number of hydrogen-bond donors (Lipinski definition) is 3. The molecule has 3 heterocycles. The molecule has 3 N–H and O–H groups in total. The molecular formula is C28H27N5O2S. The highest BCUT2D eigenvalue weighted by atomic mass is 32.1. The molecule has 0 saturated carbocycles. The van der Waals surface area contributed by atoms with E-state index in [0.29, 0.717) is 17.8 Å². The molecule has 3 aromatic heterocycles. The topological polar surface area (TPSA) is 91.8 Å². The summed E-state index contributed by atoms with van der Waals surface area (Å²) < 4.78 is 1.89. The summed E-state index contributed by atoms with van der Waals surface area (Å²) in [6.07, 6.45) is 2.27. The summed E-state index contributed by atoms with van der Waals surface area (Å²) in [4.78, 5) is 30.1. The van der Waals surface area contributed by atoms with Crippen LogP contribution in [0.4, 0.5) is 0 Å². The van der Waals surface area contributed by atoms with Gasteiger partial charge in [-0.2, -0.15) is 5.10 Å². The number of rotatable bonds is 8. The van der Waals surface area contributed by atoms with Gasteiger partial charge in [0.1, 0.15) is 6.04 Å². The molecule has 182 valence electrons. The van der Waals surface area contributed by atoms with Crippen molar-refractivity contribution in [1.29, 1.82) is 0 Å². The fourth-order valence-corrected chi connectivity index (χ4v) is 5.04. The highest BCUT2D eigenvalue weighted by molar-refractivity contribution is 7.12. The maximum atomic E-state index is 13.4. The predicted molar refractivity (Wildman–Crippen MR) is 142 cm³/mol. The molecule has 0 unspecified atom stereocenters. The van der Waals surface area contributed by atoms with Gasteiger partial charge in [-0.05, 0) is 49.1 Å². The summed E-state index contributed by atoms with van der Waals surface area (Å²) in [5.74, 6) is -0.495. The van der Waals surface area contributed by atoms with Crippen LogP contribution >= 0.6 is 11.3 Å². The number of H-pyrrole nitrogens is 1. The molecule has 5 rings (SSSR count).